The molecule has 6 heteroatoms. The van der Waals surface area contributed by atoms with Crippen molar-refractivity contribution >= 4 is 32.6 Å². The van der Waals surface area contributed by atoms with E-state index in [4.69, 9.17) is 0 Å². The second-order valence-electron chi connectivity index (χ2n) is 5.39. The number of anilines is 1. The first-order valence-corrected chi connectivity index (χ1v) is 8.56. The molecule has 4 nitrogen and oxygen atoms in total. The van der Waals surface area contributed by atoms with Crippen LogP contribution in [-0.4, -0.2) is 19.3 Å². The zero-order valence-corrected chi connectivity index (χ0v) is 13.2. The molecule has 0 atom stereocenters. The number of nitrogens with zero attached hydrogens (tertiary/aromatic N) is 1. The molecule has 0 saturated carbocycles. The number of amidine groups is 1. The van der Waals surface area contributed by atoms with Crippen LogP contribution in [0.5, 0.6) is 0 Å². The number of thioether (sulfide) groups is 1. The third kappa shape index (κ3) is 2.95. The zero-order valence-electron chi connectivity index (χ0n) is 11.5. The van der Waals surface area contributed by atoms with Crippen molar-refractivity contribution in [1.82, 2.24) is 0 Å². The van der Waals surface area contributed by atoms with Gasteiger partial charge in [0.25, 0.3) is 10.0 Å². The van der Waals surface area contributed by atoms with E-state index in [1.54, 1.807) is 6.07 Å². The zero-order chi connectivity index (χ0) is 14.3. The van der Waals surface area contributed by atoms with Gasteiger partial charge in [-0.05, 0) is 28.9 Å². The molecule has 1 N–H and O–H groups in total. The highest BCUT2D eigenvalue weighted by Gasteiger charge is 2.27. The molecule has 0 fully saturated rings. The van der Waals surface area contributed by atoms with Crippen LogP contribution in [0.3, 0.4) is 0 Å². The average Bonchev–Trinajstić information content (AvgIpc) is 2.26. The van der Waals surface area contributed by atoms with Crippen LogP contribution < -0.4 is 5.32 Å². The summed E-state index contributed by atoms with van der Waals surface area (Å²) in [5, 5.41) is 3.51. The summed E-state index contributed by atoms with van der Waals surface area (Å²) < 4.78 is 28.2. The van der Waals surface area contributed by atoms with Crippen LogP contribution in [0.25, 0.3) is 0 Å². The molecule has 1 aromatic rings. The van der Waals surface area contributed by atoms with E-state index >= 15 is 0 Å². The SMILES string of the molecule is CCSC1=NS(=O)(=O)c2cc(C(C)(C)C)ccc2N1. The molecule has 0 radical (unpaired) electrons. The molecule has 1 heterocycles. The van der Waals surface area contributed by atoms with E-state index in [1.807, 2.05) is 19.1 Å². The van der Waals surface area contributed by atoms with E-state index in [0.717, 1.165) is 11.3 Å². The molecule has 0 aromatic heterocycles. The minimum absolute atomic E-state index is 0.0906. The van der Waals surface area contributed by atoms with Gasteiger partial charge in [0.1, 0.15) is 4.90 Å². The minimum atomic E-state index is -3.59. The summed E-state index contributed by atoms with van der Waals surface area (Å²) in [5.41, 5.74) is 1.50. The van der Waals surface area contributed by atoms with Crippen molar-refractivity contribution in [3.8, 4) is 0 Å². The number of hydrogen-bond acceptors (Lipinski definition) is 4. The molecule has 0 unspecified atom stereocenters. The number of hydrogen-bond donors (Lipinski definition) is 1. The molecule has 0 saturated heterocycles. The lowest BCUT2D eigenvalue weighted by Gasteiger charge is -2.23. The van der Waals surface area contributed by atoms with Gasteiger partial charge in [-0.2, -0.15) is 8.42 Å². The van der Waals surface area contributed by atoms with Crippen LogP contribution in [-0.2, 0) is 15.4 Å². The predicted octanol–water partition coefficient (Wildman–Crippen LogP) is 3.21. The lowest BCUT2D eigenvalue weighted by molar-refractivity contribution is 0.584. The van der Waals surface area contributed by atoms with Crippen molar-refractivity contribution in [3.05, 3.63) is 23.8 Å². The van der Waals surface area contributed by atoms with E-state index in [9.17, 15) is 8.42 Å². The van der Waals surface area contributed by atoms with E-state index in [-0.39, 0.29) is 10.3 Å². The molecule has 104 valence electrons. The van der Waals surface area contributed by atoms with Crippen molar-refractivity contribution in [2.45, 2.75) is 38.0 Å². The lowest BCUT2D eigenvalue weighted by Crippen LogP contribution is -2.20. The molecule has 19 heavy (non-hydrogen) atoms. The summed E-state index contributed by atoms with van der Waals surface area (Å²) in [6, 6.07) is 5.49. The molecule has 2 rings (SSSR count). The Balaban J connectivity index is 2.52. The third-order valence-corrected chi connectivity index (χ3v) is 5.04. The lowest BCUT2D eigenvalue weighted by atomic mass is 9.87. The Morgan fingerprint density at radius 3 is 2.58 bits per heavy atom. The van der Waals surface area contributed by atoms with E-state index < -0.39 is 10.0 Å². The molecular weight excluding hydrogens is 280 g/mol. The monoisotopic (exact) mass is 298 g/mol. The highest BCUT2D eigenvalue weighted by molar-refractivity contribution is 8.14. The van der Waals surface area contributed by atoms with Crippen molar-refractivity contribution < 1.29 is 8.42 Å². The van der Waals surface area contributed by atoms with Crippen molar-refractivity contribution in [2.75, 3.05) is 11.1 Å². The van der Waals surface area contributed by atoms with Crippen LogP contribution in [0.1, 0.15) is 33.3 Å². The molecular formula is C13H18N2O2S2. The summed E-state index contributed by atoms with van der Waals surface area (Å²) in [6.45, 7) is 8.12. The second-order valence-corrected chi connectivity index (χ2v) is 8.22. The Bertz CT molecular complexity index is 629. The van der Waals surface area contributed by atoms with Gasteiger partial charge in [0, 0.05) is 0 Å². The maximum Gasteiger partial charge on any atom is 0.286 e. The average molecular weight is 298 g/mol. The molecule has 0 amide bonds. The third-order valence-electron chi connectivity index (χ3n) is 2.85. The fraction of sp³-hybridized carbons (Fsp3) is 0.462. The molecule has 1 aromatic carbocycles. The Labute approximate surface area is 118 Å². The van der Waals surface area contributed by atoms with Gasteiger partial charge in [-0.1, -0.05) is 45.5 Å². The summed E-state index contributed by atoms with van der Waals surface area (Å²) in [6.07, 6.45) is 0. The quantitative estimate of drug-likeness (QED) is 0.865. The van der Waals surface area contributed by atoms with Crippen molar-refractivity contribution in [1.29, 1.82) is 0 Å². The molecule has 1 aliphatic heterocycles. The van der Waals surface area contributed by atoms with Crippen LogP contribution >= 0.6 is 11.8 Å². The summed E-state index contributed by atoms with van der Waals surface area (Å²) in [7, 11) is -3.59. The van der Waals surface area contributed by atoms with Crippen LogP contribution in [0.2, 0.25) is 0 Å². The number of benzene rings is 1. The fourth-order valence-corrected chi connectivity index (χ4v) is 3.80. The minimum Gasteiger partial charge on any atom is -0.333 e. The molecule has 0 bridgehead atoms. The molecule has 0 spiro atoms. The highest BCUT2D eigenvalue weighted by Crippen LogP contribution is 2.33. The number of rotatable bonds is 1. The van der Waals surface area contributed by atoms with E-state index in [2.05, 4.69) is 30.5 Å². The Kier molecular flexibility index (Phi) is 3.66. The van der Waals surface area contributed by atoms with E-state index in [1.165, 1.54) is 11.8 Å². The summed E-state index contributed by atoms with van der Waals surface area (Å²) in [5.74, 6) is 0.775. The topological polar surface area (TPSA) is 58.5 Å². The number of sulfonamides is 1. The Morgan fingerprint density at radius 1 is 1.32 bits per heavy atom. The smallest absolute Gasteiger partial charge is 0.286 e. The van der Waals surface area contributed by atoms with Crippen LogP contribution in [0, 0.1) is 0 Å². The predicted molar refractivity (Wildman–Crippen MR) is 81.5 cm³/mol. The van der Waals surface area contributed by atoms with Crippen molar-refractivity contribution in [3.63, 3.8) is 0 Å². The van der Waals surface area contributed by atoms with Gasteiger partial charge in [-0.3, -0.25) is 0 Å². The Morgan fingerprint density at radius 2 is 2.00 bits per heavy atom. The molecule has 0 aliphatic carbocycles. The first-order valence-electron chi connectivity index (χ1n) is 6.13. The standard InChI is InChI=1S/C13H18N2O2S2/c1-5-18-12-14-10-7-6-9(13(2,3)4)8-11(10)19(16,17)15-12/h6-8H,5H2,1-4H3,(H,14,15). The largest absolute Gasteiger partial charge is 0.333 e. The summed E-state index contributed by atoms with van der Waals surface area (Å²) in [4.78, 5) is 0.264. The maximum absolute atomic E-state index is 12.2. The van der Waals surface area contributed by atoms with Crippen molar-refractivity contribution in [2.24, 2.45) is 4.40 Å². The summed E-state index contributed by atoms with van der Waals surface area (Å²) >= 11 is 1.39. The van der Waals surface area contributed by atoms with Gasteiger partial charge in [0.2, 0.25) is 0 Å². The van der Waals surface area contributed by atoms with Gasteiger partial charge in [0.15, 0.2) is 5.17 Å². The van der Waals surface area contributed by atoms with E-state index in [0.29, 0.717) is 10.9 Å². The first kappa shape index (κ1) is 14.4. The van der Waals surface area contributed by atoms with Gasteiger partial charge < -0.3 is 5.32 Å². The second kappa shape index (κ2) is 4.83. The maximum atomic E-state index is 12.2. The van der Waals surface area contributed by atoms with Gasteiger partial charge in [-0.25, -0.2) is 0 Å². The fourth-order valence-electron chi connectivity index (χ4n) is 1.80. The Hall–Kier alpha value is -1.01. The molecule has 1 aliphatic rings. The first-order chi connectivity index (χ1) is 8.74. The van der Waals surface area contributed by atoms with Gasteiger partial charge >= 0.3 is 0 Å². The van der Waals surface area contributed by atoms with Gasteiger partial charge in [0.05, 0.1) is 5.69 Å². The number of fused-ring (bicyclic) bond motifs is 1. The van der Waals surface area contributed by atoms with Crippen LogP contribution in [0.4, 0.5) is 5.69 Å². The van der Waals surface area contributed by atoms with Gasteiger partial charge in [-0.15, -0.1) is 4.40 Å². The normalized spacial score (nSPS) is 17.4. The highest BCUT2D eigenvalue weighted by atomic mass is 32.2. The van der Waals surface area contributed by atoms with Crippen LogP contribution in [0.15, 0.2) is 27.5 Å². The number of nitrogens with one attached hydrogen (secondary N) is 1.